The molecule has 0 amide bonds. The maximum atomic E-state index is 13.2. The summed E-state index contributed by atoms with van der Waals surface area (Å²) in [6, 6.07) is 4.16. The first-order chi connectivity index (χ1) is 17.0. The number of esters is 1. The number of methoxy groups -OCH3 is 1. The van der Waals surface area contributed by atoms with Gasteiger partial charge in [0.15, 0.2) is 0 Å². The first kappa shape index (κ1) is 28.5. The minimum Gasteiger partial charge on any atom is -0.469 e. The number of carbonyl (C=O) groups excluding carboxylic acids is 1. The van der Waals surface area contributed by atoms with Gasteiger partial charge in [0.2, 0.25) is 0 Å². The number of carbonyl (C=O) groups is 1. The molecule has 0 radical (unpaired) electrons. The SMILES string of the molecule is COC(=O)C[C@@H]1CCN([C@H](CCC2=CCCCC2)CCC(F)(F)F)[C@H](c2ccc(C(F)(F)F)cc2)C1. The van der Waals surface area contributed by atoms with Crippen LogP contribution in [0.1, 0.15) is 87.8 Å². The van der Waals surface area contributed by atoms with Crippen LogP contribution in [0.2, 0.25) is 0 Å². The third-order valence-electron chi connectivity index (χ3n) is 7.47. The second-order valence-electron chi connectivity index (χ2n) is 10.00. The quantitative estimate of drug-likeness (QED) is 0.188. The largest absolute Gasteiger partial charge is 0.469 e. The molecule has 1 aliphatic carbocycles. The summed E-state index contributed by atoms with van der Waals surface area (Å²) >= 11 is 0. The Labute approximate surface area is 208 Å². The fourth-order valence-electron chi connectivity index (χ4n) is 5.51. The maximum absolute atomic E-state index is 13.2. The molecule has 0 aromatic heterocycles. The summed E-state index contributed by atoms with van der Waals surface area (Å²) in [5, 5.41) is 0. The van der Waals surface area contributed by atoms with Gasteiger partial charge in [-0.3, -0.25) is 9.69 Å². The smallest absolute Gasteiger partial charge is 0.416 e. The summed E-state index contributed by atoms with van der Waals surface area (Å²) in [6.07, 6.45) is -0.761. The van der Waals surface area contributed by atoms with E-state index in [1.807, 2.05) is 4.90 Å². The Hall–Kier alpha value is -2.03. The molecule has 3 atom stereocenters. The Bertz CT molecular complexity index is 878. The summed E-state index contributed by atoms with van der Waals surface area (Å²) in [5.41, 5.74) is 1.15. The number of ether oxygens (including phenoxy) is 1. The Morgan fingerprint density at radius 3 is 2.39 bits per heavy atom. The van der Waals surface area contributed by atoms with Crippen LogP contribution in [-0.2, 0) is 15.7 Å². The number of halogens is 6. The Kier molecular flexibility index (Phi) is 9.89. The number of alkyl halides is 6. The van der Waals surface area contributed by atoms with E-state index >= 15 is 0 Å². The lowest BCUT2D eigenvalue weighted by molar-refractivity contribution is -0.144. The maximum Gasteiger partial charge on any atom is 0.416 e. The lowest BCUT2D eigenvalue weighted by atomic mass is 9.82. The minimum atomic E-state index is -4.47. The van der Waals surface area contributed by atoms with Crippen molar-refractivity contribution < 1.29 is 35.9 Å². The molecule has 1 aromatic rings. The van der Waals surface area contributed by atoms with Crippen molar-refractivity contribution in [2.24, 2.45) is 5.92 Å². The second kappa shape index (κ2) is 12.5. The van der Waals surface area contributed by atoms with Crippen LogP contribution in [0.25, 0.3) is 0 Å². The lowest BCUT2D eigenvalue weighted by Crippen LogP contribution is -2.44. The zero-order valence-corrected chi connectivity index (χ0v) is 20.6. The van der Waals surface area contributed by atoms with Crippen molar-refractivity contribution in [3.8, 4) is 0 Å². The summed E-state index contributed by atoms with van der Waals surface area (Å²) in [4.78, 5) is 13.9. The van der Waals surface area contributed by atoms with Crippen LogP contribution in [0, 0.1) is 5.92 Å². The van der Waals surface area contributed by atoms with E-state index in [1.54, 1.807) is 0 Å². The topological polar surface area (TPSA) is 29.5 Å². The fraction of sp³-hybridized carbons (Fsp3) is 0.667. The average molecular weight is 520 g/mol. The van der Waals surface area contributed by atoms with Gasteiger partial charge in [0.25, 0.3) is 0 Å². The summed E-state index contributed by atoms with van der Waals surface area (Å²) in [6.45, 7) is 0.481. The molecule has 3 rings (SSSR count). The van der Waals surface area contributed by atoms with E-state index in [-0.39, 0.29) is 36.8 Å². The number of benzene rings is 1. The van der Waals surface area contributed by atoms with Crippen molar-refractivity contribution in [2.75, 3.05) is 13.7 Å². The molecule has 1 saturated heterocycles. The van der Waals surface area contributed by atoms with Crippen molar-refractivity contribution >= 4 is 5.97 Å². The van der Waals surface area contributed by atoms with E-state index in [0.29, 0.717) is 31.4 Å². The van der Waals surface area contributed by atoms with Crippen molar-refractivity contribution in [1.82, 2.24) is 4.90 Å². The summed E-state index contributed by atoms with van der Waals surface area (Å²) in [7, 11) is 1.30. The van der Waals surface area contributed by atoms with Gasteiger partial charge in [-0.05, 0) is 87.9 Å². The van der Waals surface area contributed by atoms with Gasteiger partial charge in [0.05, 0.1) is 12.7 Å². The van der Waals surface area contributed by atoms with Gasteiger partial charge < -0.3 is 4.74 Å². The second-order valence-corrected chi connectivity index (χ2v) is 10.00. The molecule has 1 aliphatic heterocycles. The highest BCUT2D eigenvalue weighted by molar-refractivity contribution is 5.69. The minimum absolute atomic E-state index is 0.0506. The molecule has 0 N–H and O–H groups in total. The molecular weight excluding hydrogens is 484 g/mol. The van der Waals surface area contributed by atoms with Crippen LogP contribution in [0.4, 0.5) is 26.3 Å². The van der Waals surface area contributed by atoms with Gasteiger partial charge in [0, 0.05) is 24.9 Å². The monoisotopic (exact) mass is 519 g/mol. The molecule has 1 fully saturated rings. The van der Waals surface area contributed by atoms with Crippen LogP contribution in [0.15, 0.2) is 35.9 Å². The van der Waals surface area contributed by atoms with Gasteiger partial charge in [0.1, 0.15) is 0 Å². The van der Waals surface area contributed by atoms with Crippen LogP contribution < -0.4 is 0 Å². The molecule has 2 aliphatic rings. The number of likely N-dealkylation sites (tertiary alicyclic amines) is 1. The van der Waals surface area contributed by atoms with Crippen molar-refractivity contribution in [3.63, 3.8) is 0 Å². The number of nitrogens with zero attached hydrogens (tertiary/aromatic N) is 1. The number of hydrogen-bond donors (Lipinski definition) is 0. The van der Waals surface area contributed by atoms with Crippen LogP contribution in [0.3, 0.4) is 0 Å². The molecule has 0 saturated carbocycles. The van der Waals surface area contributed by atoms with E-state index in [9.17, 15) is 31.1 Å². The molecule has 0 spiro atoms. The van der Waals surface area contributed by atoms with Crippen molar-refractivity contribution in [1.29, 1.82) is 0 Å². The van der Waals surface area contributed by atoms with E-state index in [4.69, 9.17) is 4.74 Å². The zero-order valence-electron chi connectivity index (χ0n) is 20.6. The van der Waals surface area contributed by atoms with Gasteiger partial charge in [-0.2, -0.15) is 26.3 Å². The molecule has 202 valence electrons. The third-order valence-corrected chi connectivity index (χ3v) is 7.47. The number of hydrogen-bond acceptors (Lipinski definition) is 3. The molecule has 36 heavy (non-hydrogen) atoms. The molecule has 0 bridgehead atoms. The first-order valence-electron chi connectivity index (χ1n) is 12.7. The van der Waals surface area contributed by atoms with Crippen LogP contribution >= 0.6 is 0 Å². The third kappa shape index (κ3) is 8.53. The molecule has 9 heteroatoms. The van der Waals surface area contributed by atoms with Crippen LogP contribution in [0.5, 0.6) is 0 Å². The molecule has 3 nitrogen and oxygen atoms in total. The Morgan fingerprint density at radius 2 is 1.81 bits per heavy atom. The van der Waals surface area contributed by atoms with Gasteiger partial charge in [-0.15, -0.1) is 0 Å². The van der Waals surface area contributed by atoms with E-state index in [2.05, 4.69) is 6.08 Å². The number of allylic oxidation sites excluding steroid dienone is 2. The molecular formula is C27H35F6NO2. The highest BCUT2D eigenvalue weighted by Gasteiger charge is 2.38. The van der Waals surface area contributed by atoms with E-state index in [0.717, 1.165) is 44.2 Å². The summed E-state index contributed by atoms with van der Waals surface area (Å²) in [5.74, 6) is -0.414. The Morgan fingerprint density at radius 1 is 1.08 bits per heavy atom. The number of piperidine rings is 1. The van der Waals surface area contributed by atoms with Crippen molar-refractivity contribution in [2.45, 2.75) is 95.1 Å². The molecule has 1 heterocycles. The predicted octanol–water partition coefficient (Wildman–Crippen LogP) is 8.01. The molecule has 0 unspecified atom stereocenters. The summed E-state index contributed by atoms with van der Waals surface area (Å²) < 4.78 is 83.8. The fourth-order valence-corrected chi connectivity index (χ4v) is 5.51. The first-order valence-corrected chi connectivity index (χ1v) is 12.7. The average Bonchev–Trinajstić information content (AvgIpc) is 2.84. The van der Waals surface area contributed by atoms with E-state index in [1.165, 1.54) is 24.8 Å². The van der Waals surface area contributed by atoms with Crippen LogP contribution in [-0.4, -0.2) is 36.7 Å². The highest BCUT2D eigenvalue weighted by atomic mass is 19.4. The van der Waals surface area contributed by atoms with E-state index < -0.39 is 24.3 Å². The standard InChI is InChI=1S/C27H35F6NO2/c1-36-25(35)18-20-14-16-34(24(17-20)21-8-10-22(11-9-21)27(31,32)33)23(13-15-26(28,29)30)12-7-19-5-3-2-4-6-19/h5,8-11,20,23-24H,2-4,6-7,12-18H2,1H3/t20-,23-,24+/m1/s1. The zero-order chi connectivity index (χ0) is 26.3. The Balaban J connectivity index is 1.86. The highest BCUT2D eigenvalue weighted by Crippen LogP contribution is 2.41. The van der Waals surface area contributed by atoms with Gasteiger partial charge in [-0.1, -0.05) is 23.8 Å². The van der Waals surface area contributed by atoms with Gasteiger partial charge in [-0.25, -0.2) is 0 Å². The number of rotatable bonds is 9. The normalized spacial score (nSPS) is 22.7. The van der Waals surface area contributed by atoms with Gasteiger partial charge >= 0.3 is 18.3 Å². The lowest BCUT2D eigenvalue weighted by Gasteiger charge is -2.44. The molecule has 1 aromatic carbocycles. The predicted molar refractivity (Wildman–Crippen MR) is 125 cm³/mol. The van der Waals surface area contributed by atoms with Crippen molar-refractivity contribution in [3.05, 3.63) is 47.0 Å².